The number of rotatable bonds is 3. The third kappa shape index (κ3) is 3.27. The van der Waals surface area contributed by atoms with Gasteiger partial charge in [-0.2, -0.15) is 21.6 Å². The van der Waals surface area contributed by atoms with Crippen LogP contribution in [0.5, 0.6) is 5.75 Å². The second kappa shape index (κ2) is 5.99. The van der Waals surface area contributed by atoms with E-state index < -0.39 is 27.2 Å². The average molecular weight is 371 g/mol. The van der Waals surface area contributed by atoms with Gasteiger partial charge in [-0.05, 0) is 41.5 Å². The van der Waals surface area contributed by atoms with Crippen molar-refractivity contribution in [2.45, 2.75) is 5.51 Å². The van der Waals surface area contributed by atoms with Crippen molar-refractivity contribution >= 4 is 21.0 Å². The van der Waals surface area contributed by atoms with Crippen molar-refractivity contribution < 1.29 is 30.2 Å². The number of hydrogen-bond donors (Lipinski definition) is 0. The van der Waals surface area contributed by atoms with Crippen molar-refractivity contribution in [1.82, 2.24) is 4.98 Å². The van der Waals surface area contributed by atoms with Crippen LogP contribution in [0.15, 0.2) is 54.7 Å². The van der Waals surface area contributed by atoms with Gasteiger partial charge in [-0.25, -0.2) is 4.39 Å². The molecule has 0 saturated heterocycles. The van der Waals surface area contributed by atoms with E-state index >= 15 is 0 Å². The highest BCUT2D eigenvalue weighted by Gasteiger charge is 2.48. The second-order valence-electron chi connectivity index (χ2n) is 5.00. The van der Waals surface area contributed by atoms with Crippen molar-refractivity contribution in [3.63, 3.8) is 0 Å². The molecule has 0 spiro atoms. The molecule has 0 saturated carbocycles. The summed E-state index contributed by atoms with van der Waals surface area (Å²) in [5, 5.41) is 0.365. The van der Waals surface area contributed by atoms with Gasteiger partial charge in [-0.3, -0.25) is 4.98 Å². The Morgan fingerprint density at radius 2 is 1.64 bits per heavy atom. The van der Waals surface area contributed by atoms with Crippen LogP contribution in [0.3, 0.4) is 0 Å². The Labute approximate surface area is 139 Å². The molecule has 0 amide bonds. The van der Waals surface area contributed by atoms with Crippen LogP contribution >= 0.6 is 0 Å². The molecule has 130 valence electrons. The lowest BCUT2D eigenvalue weighted by molar-refractivity contribution is -0.0499. The van der Waals surface area contributed by atoms with E-state index in [-0.39, 0.29) is 5.52 Å². The standard InChI is InChI=1S/C16H9F4NO3S/c17-11-5-3-10(4-6-11)12-7-8-14(15-13(12)2-1-9-21-15)24-25(22,23)16(18,19)20/h1-9H. The minimum atomic E-state index is -5.81. The predicted octanol–water partition coefficient (Wildman–Crippen LogP) is 4.27. The first-order valence-electron chi connectivity index (χ1n) is 6.83. The smallest absolute Gasteiger partial charge is 0.374 e. The van der Waals surface area contributed by atoms with Crippen molar-refractivity contribution in [2.75, 3.05) is 0 Å². The predicted molar refractivity (Wildman–Crippen MR) is 82.7 cm³/mol. The number of hydrogen-bond acceptors (Lipinski definition) is 4. The first-order valence-corrected chi connectivity index (χ1v) is 8.24. The van der Waals surface area contributed by atoms with Gasteiger partial charge in [-0.1, -0.05) is 18.2 Å². The lowest BCUT2D eigenvalue weighted by atomic mass is 10.0. The number of pyridine rings is 1. The Morgan fingerprint density at radius 1 is 0.960 bits per heavy atom. The average Bonchev–Trinajstić information content (AvgIpc) is 2.55. The van der Waals surface area contributed by atoms with Gasteiger partial charge in [0.15, 0.2) is 5.75 Å². The lowest BCUT2D eigenvalue weighted by Crippen LogP contribution is -2.28. The summed E-state index contributed by atoms with van der Waals surface area (Å²) in [7, 11) is -5.81. The van der Waals surface area contributed by atoms with Crippen LogP contribution in [0.1, 0.15) is 0 Å². The summed E-state index contributed by atoms with van der Waals surface area (Å²) in [6.07, 6.45) is 1.30. The van der Waals surface area contributed by atoms with E-state index in [1.165, 1.54) is 42.6 Å². The third-order valence-electron chi connectivity index (χ3n) is 3.37. The molecule has 0 unspecified atom stereocenters. The van der Waals surface area contributed by atoms with Gasteiger partial charge in [0.2, 0.25) is 0 Å². The SMILES string of the molecule is O=S(=O)(Oc1ccc(-c2ccc(F)cc2)c2cccnc12)C(F)(F)F. The van der Waals surface area contributed by atoms with Crippen LogP contribution in [0.25, 0.3) is 22.0 Å². The topological polar surface area (TPSA) is 56.3 Å². The number of aromatic nitrogens is 1. The van der Waals surface area contributed by atoms with Crippen LogP contribution in [-0.4, -0.2) is 18.9 Å². The van der Waals surface area contributed by atoms with Gasteiger partial charge in [0.05, 0.1) is 0 Å². The first kappa shape index (κ1) is 17.2. The van der Waals surface area contributed by atoms with Crippen molar-refractivity contribution in [3.8, 4) is 16.9 Å². The van der Waals surface area contributed by atoms with Crippen molar-refractivity contribution in [1.29, 1.82) is 0 Å². The Balaban J connectivity index is 2.16. The van der Waals surface area contributed by atoms with Gasteiger partial charge >= 0.3 is 15.6 Å². The molecule has 9 heteroatoms. The lowest BCUT2D eigenvalue weighted by Gasteiger charge is -2.13. The zero-order chi connectivity index (χ0) is 18.2. The highest BCUT2D eigenvalue weighted by molar-refractivity contribution is 7.88. The zero-order valence-electron chi connectivity index (χ0n) is 12.3. The Hall–Kier alpha value is -2.68. The molecule has 0 aliphatic rings. The number of fused-ring (bicyclic) bond motifs is 1. The molecule has 1 aromatic heterocycles. The van der Waals surface area contributed by atoms with Crippen molar-refractivity contribution in [2.24, 2.45) is 0 Å². The van der Waals surface area contributed by atoms with Crippen LogP contribution in [0.4, 0.5) is 17.6 Å². The number of alkyl halides is 3. The van der Waals surface area contributed by atoms with Gasteiger partial charge in [0.1, 0.15) is 11.3 Å². The van der Waals surface area contributed by atoms with Gasteiger partial charge in [0, 0.05) is 11.6 Å². The summed E-state index contributed by atoms with van der Waals surface area (Å²) in [5.74, 6) is -0.985. The summed E-state index contributed by atoms with van der Waals surface area (Å²) in [4.78, 5) is 3.92. The Bertz CT molecular complexity index is 1030. The van der Waals surface area contributed by atoms with Gasteiger partial charge in [-0.15, -0.1) is 0 Å². The molecule has 0 aliphatic heterocycles. The van der Waals surface area contributed by atoms with E-state index in [1.54, 1.807) is 6.07 Å². The molecular weight excluding hydrogens is 362 g/mol. The first-order chi connectivity index (χ1) is 11.7. The summed E-state index contributed by atoms with van der Waals surface area (Å²) < 4.78 is 77.4. The number of benzene rings is 2. The summed E-state index contributed by atoms with van der Waals surface area (Å²) >= 11 is 0. The van der Waals surface area contributed by atoms with E-state index in [9.17, 15) is 26.0 Å². The maximum absolute atomic E-state index is 13.1. The molecule has 1 heterocycles. The van der Waals surface area contributed by atoms with E-state index in [0.717, 1.165) is 6.07 Å². The Morgan fingerprint density at radius 3 is 2.28 bits per heavy atom. The van der Waals surface area contributed by atoms with Crippen LogP contribution in [0, 0.1) is 5.82 Å². The fourth-order valence-corrected chi connectivity index (χ4v) is 2.73. The van der Waals surface area contributed by atoms with E-state index in [4.69, 9.17) is 0 Å². The maximum atomic E-state index is 13.1. The van der Waals surface area contributed by atoms with E-state index in [1.807, 2.05) is 0 Å². The zero-order valence-corrected chi connectivity index (χ0v) is 13.1. The largest absolute Gasteiger partial charge is 0.534 e. The number of nitrogens with zero attached hydrogens (tertiary/aromatic N) is 1. The fourth-order valence-electron chi connectivity index (χ4n) is 2.26. The van der Waals surface area contributed by atoms with Crippen molar-refractivity contribution in [3.05, 3.63) is 60.5 Å². The second-order valence-corrected chi connectivity index (χ2v) is 6.54. The van der Waals surface area contributed by atoms with Gasteiger partial charge < -0.3 is 4.18 Å². The minimum absolute atomic E-state index is 0.0582. The third-order valence-corrected chi connectivity index (χ3v) is 4.34. The molecule has 2 aromatic carbocycles. The Kier molecular flexibility index (Phi) is 4.11. The van der Waals surface area contributed by atoms with Crippen LogP contribution in [-0.2, 0) is 10.1 Å². The van der Waals surface area contributed by atoms with E-state index in [2.05, 4.69) is 9.17 Å². The summed E-state index contributed by atoms with van der Waals surface area (Å²) in [5.41, 5.74) is -4.48. The molecule has 0 fully saturated rings. The molecule has 0 radical (unpaired) electrons. The van der Waals surface area contributed by atoms with Crippen LogP contribution in [0.2, 0.25) is 0 Å². The minimum Gasteiger partial charge on any atom is -0.374 e. The normalized spacial score (nSPS) is 12.3. The molecule has 0 atom stereocenters. The summed E-state index contributed by atoms with van der Waals surface area (Å²) in [6.45, 7) is 0. The molecule has 0 bridgehead atoms. The molecule has 0 aliphatic carbocycles. The number of halogens is 4. The highest BCUT2D eigenvalue weighted by Crippen LogP contribution is 2.35. The summed E-state index contributed by atoms with van der Waals surface area (Å²) in [6, 6.07) is 11.0. The highest BCUT2D eigenvalue weighted by atomic mass is 32.2. The molecule has 3 aromatic rings. The maximum Gasteiger partial charge on any atom is 0.534 e. The van der Waals surface area contributed by atoms with Crippen LogP contribution < -0.4 is 4.18 Å². The fraction of sp³-hybridized carbons (Fsp3) is 0.0625. The van der Waals surface area contributed by atoms with Gasteiger partial charge in [0.25, 0.3) is 0 Å². The quantitative estimate of drug-likeness (QED) is 0.392. The molecule has 3 rings (SSSR count). The molecule has 25 heavy (non-hydrogen) atoms. The molecule has 0 N–H and O–H groups in total. The molecular formula is C16H9F4NO3S. The monoisotopic (exact) mass is 371 g/mol. The van der Waals surface area contributed by atoms with E-state index in [0.29, 0.717) is 16.5 Å². The molecule has 4 nitrogen and oxygen atoms in total.